The summed E-state index contributed by atoms with van der Waals surface area (Å²) in [5.74, 6) is 0. The minimum absolute atomic E-state index is 0.212. The summed E-state index contributed by atoms with van der Waals surface area (Å²) >= 11 is 12.9. The number of benzene rings is 3. The Labute approximate surface area is 217 Å². The molecule has 2 N–H and O–H groups in total. The van der Waals surface area contributed by atoms with Gasteiger partial charge in [0.15, 0.2) is 0 Å². The summed E-state index contributed by atoms with van der Waals surface area (Å²) in [4.78, 5) is 25.6. The van der Waals surface area contributed by atoms with Crippen molar-refractivity contribution in [3.8, 4) is 5.69 Å². The third-order valence-corrected chi connectivity index (χ3v) is 7.84. The standard InChI is InChI=1S/C25H22Cl2N4O4S/c1-15-3-9-20(10-4-15)36(34,35)30-16(2)18-7-5-17(6-8-18)11-21-22(26)12-19(13-23(21)27)31-25(33)29-24(32)14-28-31/h3-10,12-14,16,30H,11H2,1-2H3,(H,29,32,33). The van der Waals surface area contributed by atoms with Crippen LogP contribution in [0.3, 0.4) is 0 Å². The number of H-pyrrole nitrogens is 1. The maximum atomic E-state index is 12.7. The van der Waals surface area contributed by atoms with Crippen molar-refractivity contribution in [1.82, 2.24) is 19.5 Å². The lowest BCUT2D eigenvalue weighted by atomic mass is 10.0. The highest BCUT2D eigenvalue weighted by Gasteiger charge is 2.18. The SMILES string of the molecule is Cc1ccc(S(=O)(=O)NC(C)c2ccc(Cc3c(Cl)cc(-n4ncc(=O)[nH]c4=O)cc3Cl)cc2)cc1. The van der Waals surface area contributed by atoms with Crippen molar-refractivity contribution >= 4 is 33.2 Å². The van der Waals surface area contributed by atoms with Gasteiger partial charge in [-0.1, -0.05) is 65.2 Å². The summed E-state index contributed by atoms with van der Waals surface area (Å²) in [6.45, 7) is 3.67. The molecule has 1 unspecified atom stereocenters. The van der Waals surface area contributed by atoms with E-state index in [2.05, 4.69) is 14.8 Å². The lowest BCUT2D eigenvalue weighted by Gasteiger charge is -2.16. The van der Waals surface area contributed by atoms with E-state index in [-0.39, 0.29) is 4.90 Å². The first kappa shape index (κ1) is 25.8. The van der Waals surface area contributed by atoms with Gasteiger partial charge in [-0.15, -0.1) is 0 Å². The van der Waals surface area contributed by atoms with Crippen molar-refractivity contribution in [2.24, 2.45) is 0 Å². The molecule has 186 valence electrons. The highest BCUT2D eigenvalue weighted by molar-refractivity contribution is 7.89. The molecule has 8 nitrogen and oxygen atoms in total. The van der Waals surface area contributed by atoms with E-state index >= 15 is 0 Å². The molecule has 1 aromatic heterocycles. The van der Waals surface area contributed by atoms with Crippen LogP contribution >= 0.6 is 23.2 Å². The first-order valence-electron chi connectivity index (χ1n) is 10.9. The van der Waals surface area contributed by atoms with Crippen LogP contribution in [0, 0.1) is 6.92 Å². The van der Waals surface area contributed by atoms with Crippen LogP contribution in [0.2, 0.25) is 10.0 Å². The average Bonchev–Trinajstić information content (AvgIpc) is 2.81. The van der Waals surface area contributed by atoms with Crippen molar-refractivity contribution in [2.75, 3.05) is 0 Å². The number of hydrogen-bond donors (Lipinski definition) is 2. The molecule has 11 heteroatoms. The summed E-state index contributed by atoms with van der Waals surface area (Å²) in [5.41, 5.74) is 2.35. The van der Waals surface area contributed by atoms with E-state index in [1.807, 2.05) is 31.2 Å². The van der Waals surface area contributed by atoms with Crippen LogP contribution in [0.25, 0.3) is 5.69 Å². The minimum atomic E-state index is -3.66. The van der Waals surface area contributed by atoms with Gasteiger partial charge in [-0.25, -0.2) is 17.9 Å². The quantitative estimate of drug-likeness (QED) is 0.362. The number of aryl methyl sites for hydroxylation is 1. The van der Waals surface area contributed by atoms with Crippen molar-refractivity contribution in [3.63, 3.8) is 0 Å². The molecule has 0 amide bonds. The largest absolute Gasteiger partial charge is 0.349 e. The molecule has 3 aromatic carbocycles. The Balaban J connectivity index is 1.51. The molecule has 4 aromatic rings. The van der Waals surface area contributed by atoms with Crippen LogP contribution in [0.4, 0.5) is 0 Å². The molecule has 0 radical (unpaired) electrons. The lowest BCUT2D eigenvalue weighted by Crippen LogP contribution is -2.30. The number of sulfonamides is 1. The van der Waals surface area contributed by atoms with Crippen LogP contribution in [-0.2, 0) is 16.4 Å². The van der Waals surface area contributed by atoms with Gasteiger partial charge in [0.2, 0.25) is 10.0 Å². The number of nitrogens with one attached hydrogen (secondary N) is 2. The van der Waals surface area contributed by atoms with Gasteiger partial charge < -0.3 is 0 Å². The Morgan fingerprint density at radius 3 is 2.19 bits per heavy atom. The van der Waals surface area contributed by atoms with E-state index in [1.165, 1.54) is 0 Å². The first-order valence-corrected chi connectivity index (χ1v) is 13.1. The number of aromatic nitrogens is 3. The minimum Gasteiger partial charge on any atom is -0.271 e. The maximum Gasteiger partial charge on any atom is 0.349 e. The molecule has 0 spiro atoms. The van der Waals surface area contributed by atoms with Crippen LogP contribution in [0.1, 0.15) is 35.2 Å². The van der Waals surface area contributed by atoms with Gasteiger partial charge in [0.05, 0.1) is 10.6 Å². The Hall–Kier alpha value is -3.24. The molecule has 0 aliphatic carbocycles. The van der Waals surface area contributed by atoms with E-state index < -0.39 is 27.3 Å². The molecule has 0 saturated carbocycles. The van der Waals surface area contributed by atoms with E-state index in [0.29, 0.717) is 27.7 Å². The van der Waals surface area contributed by atoms with E-state index in [1.54, 1.807) is 43.3 Å². The third-order valence-electron chi connectivity index (χ3n) is 5.61. The molecule has 1 atom stereocenters. The van der Waals surface area contributed by atoms with Gasteiger partial charge in [-0.2, -0.15) is 9.78 Å². The average molecular weight is 545 g/mol. The fourth-order valence-corrected chi connectivity index (χ4v) is 5.47. The number of aromatic amines is 1. The zero-order valence-electron chi connectivity index (χ0n) is 19.3. The van der Waals surface area contributed by atoms with E-state index in [9.17, 15) is 18.0 Å². The second kappa shape index (κ2) is 10.4. The highest BCUT2D eigenvalue weighted by atomic mass is 35.5. The first-order chi connectivity index (χ1) is 17.0. The van der Waals surface area contributed by atoms with Crippen LogP contribution in [0.5, 0.6) is 0 Å². The molecule has 0 aliphatic heterocycles. The van der Waals surface area contributed by atoms with Gasteiger partial charge >= 0.3 is 5.69 Å². The molecule has 0 saturated heterocycles. The molecule has 4 rings (SSSR count). The fraction of sp³-hybridized carbons (Fsp3) is 0.160. The summed E-state index contributed by atoms with van der Waals surface area (Å²) in [7, 11) is -3.66. The van der Waals surface area contributed by atoms with Crippen LogP contribution in [-0.4, -0.2) is 23.2 Å². The third kappa shape index (κ3) is 5.76. The number of hydrogen-bond acceptors (Lipinski definition) is 5. The molecule has 0 fully saturated rings. The van der Waals surface area contributed by atoms with E-state index in [4.69, 9.17) is 23.2 Å². The van der Waals surface area contributed by atoms with E-state index in [0.717, 1.165) is 27.6 Å². The van der Waals surface area contributed by atoms with Crippen molar-refractivity contribution in [1.29, 1.82) is 0 Å². The smallest absolute Gasteiger partial charge is 0.271 e. The van der Waals surface area contributed by atoms with Gasteiger partial charge in [-0.3, -0.25) is 9.78 Å². The maximum absolute atomic E-state index is 12.7. The fourth-order valence-electron chi connectivity index (χ4n) is 3.63. The zero-order valence-corrected chi connectivity index (χ0v) is 21.7. The summed E-state index contributed by atoms with van der Waals surface area (Å²) in [5, 5.41) is 4.48. The molecule has 1 heterocycles. The summed E-state index contributed by atoms with van der Waals surface area (Å²) in [6.07, 6.45) is 1.40. The van der Waals surface area contributed by atoms with Crippen molar-refractivity contribution in [2.45, 2.75) is 31.2 Å². The summed E-state index contributed by atoms with van der Waals surface area (Å²) < 4.78 is 29.1. The van der Waals surface area contributed by atoms with Gasteiger partial charge in [-0.05, 0) is 54.8 Å². The monoisotopic (exact) mass is 544 g/mol. The molecule has 0 bridgehead atoms. The van der Waals surface area contributed by atoms with Gasteiger partial charge in [0.25, 0.3) is 5.56 Å². The predicted octanol–water partition coefficient (Wildman–Crippen LogP) is 4.17. The second-order valence-corrected chi connectivity index (χ2v) is 10.8. The Morgan fingerprint density at radius 1 is 1.00 bits per heavy atom. The zero-order chi connectivity index (χ0) is 26.0. The Morgan fingerprint density at radius 2 is 1.61 bits per heavy atom. The molecular formula is C25H22Cl2N4O4S. The van der Waals surface area contributed by atoms with Gasteiger partial charge in [0.1, 0.15) is 6.20 Å². The highest BCUT2D eigenvalue weighted by Crippen LogP contribution is 2.30. The van der Waals surface area contributed by atoms with Gasteiger partial charge in [0, 0.05) is 22.5 Å². The molecule has 36 heavy (non-hydrogen) atoms. The molecular weight excluding hydrogens is 523 g/mol. The Bertz CT molecular complexity index is 1610. The predicted molar refractivity (Wildman–Crippen MR) is 140 cm³/mol. The Kier molecular flexibility index (Phi) is 7.46. The normalized spacial score (nSPS) is 12.4. The summed E-state index contributed by atoms with van der Waals surface area (Å²) in [6, 6.07) is 16.8. The number of nitrogens with zero attached hydrogens (tertiary/aromatic N) is 2. The second-order valence-electron chi connectivity index (χ2n) is 8.31. The number of halogens is 2. The topological polar surface area (TPSA) is 114 Å². The number of rotatable bonds is 7. The van der Waals surface area contributed by atoms with Crippen LogP contribution in [0.15, 0.2) is 81.3 Å². The molecule has 0 aliphatic rings. The van der Waals surface area contributed by atoms with Crippen molar-refractivity contribution < 1.29 is 8.42 Å². The van der Waals surface area contributed by atoms with Crippen molar-refractivity contribution in [3.05, 3.63) is 120 Å². The van der Waals surface area contributed by atoms with Crippen LogP contribution < -0.4 is 16.0 Å². The lowest BCUT2D eigenvalue weighted by molar-refractivity contribution is 0.567.